The topological polar surface area (TPSA) is 107 Å². The van der Waals surface area contributed by atoms with Gasteiger partial charge in [0.15, 0.2) is 28.5 Å². The molecule has 1 spiro atoms. The zero-order valence-electron chi connectivity index (χ0n) is 28.4. The van der Waals surface area contributed by atoms with E-state index in [1.54, 1.807) is 58.0 Å². The number of aliphatic hydroxyl groups is 1. The Morgan fingerprint density at radius 3 is 2.20 bits per heavy atom. The van der Waals surface area contributed by atoms with E-state index in [9.17, 15) is 9.90 Å². The van der Waals surface area contributed by atoms with Crippen molar-refractivity contribution in [3.63, 3.8) is 0 Å². The van der Waals surface area contributed by atoms with Crippen LogP contribution in [0.1, 0.15) is 111 Å². The van der Waals surface area contributed by atoms with Gasteiger partial charge in [-0.05, 0) is 98.3 Å². The Labute approximate surface area is 267 Å². The first-order valence-electron chi connectivity index (χ1n) is 16.4. The summed E-state index contributed by atoms with van der Waals surface area (Å²) >= 11 is 0. The molecule has 0 amide bonds. The Hall–Kier alpha value is -2.74. The van der Waals surface area contributed by atoms with Gasteiger partial charge in [-0.3, -0.25) is 19.2 Å². The normalized spacial score (nSPS) is 35.5. The van der Waals surface area contributed by atoms with Crippen LogP contribution in [-0.4, -0.2) is 45.5 Å². The van der Waals surface area contributed by atoms with Crippen molar-refractivity contribution in [3.05, 3.63) is 59.2 Å². The fourth-order valence-corrected chi connectivity index (χ4v) is 9.11. The van der Waals surface area contributed by atoms with E-state index in [0.717, 1.165) is 18.4 Å². The molecule has 5 fully saturated rings. The summed E-state index contributed by atoms with van der Waals surface area (Å²) in [5.41, 5.74) is -6.59. The van der Waals surface area contributed by atoms with Crippen molar-refractivity contribution in [3.8, 4) is 0 Å². The number of allylic oxidation sites excluding steroid dienone is 4. The monoisotopic (exact) mass is 618 g/mol. The summed E-state index contributed by atoms with van der Waals surface area (Å²) in [6.07, 6.45) is 5.31. The zero-order valence-corrected chi connectivity index (χ0v) is 28.4. The van der Waals surface area contributed by atoms with Crippen molar-refractivity contribution in [2.45, 2.75) is 118 Å². The largest absolute Gasteiger partial charge is 0.388 e. The lowest BCUT2D eigenvalue weighted by molar-refractivity contribution is -0.394. The summed E-state index contributed by atoms with van der Waals surface area (Å²) in [6, 6.07) is 8.54. The minimum absolute atomic E-state index is 0.124. The predicted octanol–water partition coefficient (Wildman–Crippen LogP) is 6.97. The van der Waals surface area contributed by atoms with E-state index in [1.807, 2.05) is 26.8 Å². The van der Waals surface area contributed by atoms with E-state index in [1.165, 1.54) is 5.57 Å². The van der Waals surface area contributed by atoms with E-state index in [2.05, 4.69) is 19.9 Å². The van der Waals surface area contributed by atoms with Crippen molar-refractivity contribution in [1.82, 2.24) is 0 Å². The fraction of sp³-hybridized carbons (Fsp3) is 0.632. The van der Waals surface area contributed by atoms with Crippen molar-refractivity contribution in [2.24, 2.45) is 33.5 Å². The van der Waals surface area contributed by atoms with E-state index in [4.69, 9.17) is 9.78 Å². The van der Waals surface area contributed by atoms with Crippen LogP contribution in [0.15, 0.2) is 53.6 Å². The summed E-state index contributed by atoms with van der Waals surface area (Å²) in [4.78, 5) is 73.3. The number of Topliss-reactive ketones (excluding diaryl/α,β-unsaturated/α-hetero) is 4. The van der Waals surface area contributed by atoms with E-state index >= 15 is 14.4 Å². The number of hydrogen-bond acceptors (Lipinski definition) is 7. The SMILES string of the molecule is CC(C)=CCC/C(C)=C/C[C@@]12C[C@H]3C[C@H]4C(C)(C)OO[C@@H](C(C)(C)O)C[C@]4(C1=O)C(=O)[C@@](C(=O)c1ccccc1)(C2=O)C3(C)C. The highest BCUT2D eigenvalue weighted by molar-refractivity contribution is 6.42. The molecule has 45 heavy (non-hydrogen) atoms. The summed E-state index contributed by atoms with van der Waals surface area (Å²) < 4.78 is 0. The van der Waals surface area contributed by atoms with Crippen molar-refractivity contribution >= 4 is 23.1 Å². The van der Waals surface area contributed by atoms with Gasteiger partial charge in [-0.1, -0.05) is 67.5 Å². The van der Waals surface area contributed by atoms with Crippen LogP contribution >= 0.6 is 0 Å². The Kier molecular flexibility index (Phi) is 8.16. The minimum atomic E-state index is -2.09. The molecule has 1 N–H and O–H groups in total. The molecule has 7 heteroatoms. The van der Waals surface area contributed by atoms with Gasteiger partial charge in [0.1, 0.15) is 11.7 Å². The molecular formula is C38H50O7. The smallest absolute Gasteiger partial charge is 0.184 e. The highest BCUT2D eigenvalue weighted by Gasteiger charge is 2.85. The second-order valence-corrected chi connectivity index (χ2v) is 16.1. The molecule has 1 aromatic rings. The predicted molar refractivity (Wildman–Crippen MR) is 171 cm³/mol. The number of carbonyl (C=O) groups is 4. The molecule has 5 aliphatic rings. The standard InChI is InChI=1S/C38H50O7/c1-23(2)14-13-15-24(3)18-19-36-21-26-20-27-35(8,9)45-44-28(34(6,7)43)22-37(27,30(36)40)32(42)38(31(36)41,33(26,4)5)29(39)25-16-11-10-12-17-25/h10-12,14,16-18,26-28,43H,13,15,19-22H2,1-9H3/b24-18+/t26-,27+,28-,36-,37+,38-/m1/s1. The van der Waals surface area contributed by atoms with Crippen LogP contribution < -0.4 is 0 Å². The lowest BCUT2D eigenvalue weighted by atomic mass is 9.36. The molecule has 0 radical (unpaired) electrons. The number of rotatable bonds is 8. The number of ketones is 4. The summed E-state index contributed by atoms with van der Waals surface area (Å²) in [7, 11) is 0. The Morgan fingerprint density at radius 2 is 1.60 bits per heavy atom. The highest BCUT2D eigenvalue weighted by atomic mass is 17.2. The van der Waals surface area contributed by atoms with Gasteiger partial charge < -0.3 is 5.11 Å². The molecule has 6 atom stereocenters. The average molecular weight is 619 g/mol. The maximum atomic E-state index is 15.6. The third-order valence-electron chi connectivity index (χ3n) is 11.8. The summed E-state index contributed by atoms with van der Waals surface area (Å²) in [5.74, 6) is -3.18. The lowest BCUT2D eigenvalue weighted by Gasteiger charge is -2.61. The van der Waals surface area contributed by atoms with Crippen LogP contribution in [0.25, 0.3) is 0 Å². The van der Waals surface area contributed by atoms with Crippen LogP contribution in [0.4, 0.5) is 0 Å². The number of benzene rings is 1. The molecule has 1 saturated heterocycles. The summed E-state index contributed by atoms with van der Waals surface area (Å²) in [6.45, 7) is 16.6. The van der Waals surface area contributed by atoms with Crippen LogP contribution in [0, 0.1) is 33.5 Å². The molecule has 0 aromatic heterocycles. The summed E-state index contributed by atoms with van der Waals surface area (Å²) in [5, 5.41) is 11.2. The van der Waals surface area contributed by atoms with Crippen molar-refractivity contribution in [2.75, 3.05) is 0 Å². The van der Waals surface area contributed by atoms with Crippen LogP contribution in [0.3, 0.4) is 0 Å². The molecule has 1 aromatic carbocycles. The molecule has 4 bridgehead atoms. The maximum absolute atomic E-state index is 15.6. The molecule has 7 nitrogen and oxygen atoms in total. The molecule has 4 aliphatic carbocycles. The first-order valence-corrected chi connectivity index (χ1v) is 16.4. The van der Waals surface area contributed by atoms with Gasteiger partial charge in [0, 0.05) is 11.5 Å². The highest BCUT2D eigenvalue weighted by Crippen LogP contribution is 2.73. The fourth-order valence-electron chi connectivity index (χ4n) is 9.11. The van der Waals surface area contributed by atoms with Gasteiger partial charge in [-0.2, -0.15) is 0 Å². The van der Waals surface area contributed by atoms with Gasteiger partial charge in [0.05, 0.1) is 16.4 Å². The molecule has 6 rings (SSSR count). The maximum Gasteiger partial charge on any atom is 0.184 e. The van der Waals surface area contributed by atoms with Crippen LogP contribution in [0.2, 0.25) is 0 Å². The minimum Gasteiger partial charge on any atom is -0.388 e. The van der Waals surface area contributed by atoms with Crippen LogP contribution in [-0.2, 0) is 24.2 Å². The number of hydrogen-bond donors (Lipinski definition) is 1. The van der Waals surface area contributed by atoms with Crippen LogP contribution in [0.5, 0.6) is 0 Å². The van der Waals surface area contributed by atoms with Gasteiger partial charge >= 0.3 is 0 Å². The molecule has 1 heterocycles. The third kappa shape index (κ3) is 4.71. The Balaban J connectivity index is 1.81. The van der Waals surface area contributed by atoms with Crippen molar-refractivity contribution < 1.29 is 34.1 Å². The third-order valence-corrected chi connectivity index (χ3v) is 11.8. The van der Waals surface area contributed by atoms with E-state index < -0.39 is 68.0 Å². The first-order chi connectivity index (χ1) is 20.8. The number of carbonyl (C=O) groups excluding carboxylic acids is 4. The van der Waals surface area contributed by atoms with Gasteiger partial charge in [0.2, 0.25) is 0 Å². The Morgan fingerprint density at radius 1 is 0.956 bits per heavy atom. The second-order valence-electron chi connectivity index (χ2n) is 16.1. The molecule has 0 unspecified atom stereocenters. The molecular weight excluding hydrogens is 568 g/mol. The van der Waals surface area contributed by atoms with E-state index in [0.29, 0.717) is 6.42 Å². The first kappa shape index (κ1) is 33.6. The zero-order chi connectivity index (χ0) is 33.4. The lowest BCUT2D eigenvalue weighted by Crippen LogP contribution is -2.76. The average Bonchev–Trinajstić information content (AvgIpc) is 3.16. The molecule has 1 aliphatic heterocycles. The van der Waals surface area contributed by atoms with Gasteiger partial charge in [0.25, 0.3) is 0 Å². The van der Waals surface area contributed by atoms with Gasteiger partial charge in [-0.15, -0.1) is 0 Å². The molecule has 4 saturated carbocycles. The van der Waals surface area contributed by atoms with Gasteiger partial charge in [-0.25, -0.2) is 9.78 Å². The molecule has 244 valence electrons. The van der Waals surface area contributed by atoms with E-state index in [-0.39, 0.29) is 30.7 Å². The van der Waals surface area contributed by atoms with Crippen molar-refractivity contribution in [1.29, 1.82) is 0 Å². The quantitative estimate of drug-likeness (QED) is 0.145. The second kappa shape index (κ2) is 10.9. The Bertz CT molecular complexity index is 1470.